The zero-order chi connectivity index (χ0) is 21.5. The van der Waals surface area contributed by atoms with Gasteiger partial charge in [-0.25, -0.2) is 0 Å². The highest BCUT2D eigenvalue weighted by Crippen LogP contribution is 2.33. The Bertz CT molecular complexity index is 923. The van der Waals surface area contributed by atoms with Gasteiger partial charge in [0.15, 0.2) is 0 Å². The molecule has 0 radical (unpaired) electrons. The van der Waals surface area contributed by atoms with E-state index < -0.39 is 0 Å². The first-order chi connectivity index (χ1) is 14.5. The Morgan fingerprint density at radius 1 is 1.27 bits per heavy atom. The molecule has 2 N–H and O–H groups in total. The number of hydrogen-bond acceptors (Lipinski definition) is 6. The van der Waals surface area contributed by atoms with Crippen molar-refractivity contribution in [3.63, 3.8) is 0 Å². The Kier molecular flexibility index (Phi) is 7.41. The number of likely N-dealkylation sites (tertiary alicyclic amines) is 1. The summed E-state index contributed by atoms with van der Waals surface area (Å²) >= 11 is 1.67. The number of anilines is 1. The average molecular weight is 425 g/mol. The van der Waals surface area contributed by atoms with Crippen LogP contribution in [0.15, 0.2) is 54.6 Å². The van der Waals surface area contributed by atoms with Gasteiger partial charge in [-0.05, 0) is 36.6 Å². The van der Waals surface area contributed by atoms with E-state index in [1.165, 1.54) is 0 Å². The molecule has 7 heteroatoms. The van der Waals surface area contributed by atoms with E-state index >= 15 is 0 Å². The lowest BCUT2D eigenvalue weighted by Crippen LogP contribution is -2.37. The molecule has 0 saturated carbocycles. The second-order valence-corrected chi connectivity index (χ2v) is 7.93. The molecule has 0 bridgehead atoms. The molecule has 1 aliphatic rings. The van der Waals surface area contributed by atoms with Crippen molar-refractivity contribution in [2.75, 3.05) is 31.7 Å². The number of carbonyl (C=O) groups excluding carboxylic acids is 1. The number of nitrogens with zero attached hydrogens (tertiary/aromatic N) is 2. The second-order valence-electron chi connectivity index (χ2n) is 7.05. The van der Waals surface area contributed by atoms with Crippen LogP contribution < -0.4 is 15.4 Å². The van der Waals surface area contributed by atoms with Crippen molar-refractivity contribution in [2.45, 2.75) is 23.8 Å². The third-order valence-electron chi connectivity index (χ3n) is 5.11. The van der Waals surface area contributed by atoms with Crippen LogP contribution in [0.1, 0.15) is 24.1 Å². The summed E-state index contributed by atoms with van der Waals surface area (Å²) in [7, 11) is 1.82. The largest absolute Gasteiger partial charge is 0.490 e. The zero-order valence-corrected chi connectivity index (χ0v) is 18.3. The topological polar surface area (TPSA) is 66.5 Å². The average Bonchev–Trinajstić information content (AvgIpc) is 2.79. The minimum absolute atomic E-state index is 0.0721. The lowest BCUT2D eigenvalue weighted by atomic mass is 10.1. The predicted octanol–water partition coefficient (Wildman–Crippen LogP) is 4.08. The van der Waals surface area contributed by atoms with Crippen LogP contribution in [0.3, 0.4) is 0 Å². The Morgan fingerprint density at radius 3 is 2.70 bits per heavy atom. The fourth-order valence-electron chi connectivity index (χ4n) is 3.35. The number of ether oxygens (including phenoxy) is 1. The molecule has 0 spiro atoms. The van der Waals surface area contributed by atoms with E-state index in [1.807, 2.05) is 31.5 Å². The molecule has 0 unspecified atom stereocenters. The summed E-state index contributed by atoms with van der Waals surface area (Å²) in [5.74, 6) is 0.793. The number of nitrogens with one attached hydrogen (secondary N) is 2. The quantitative estimate of drug-likeness (QED) is 0.467. The second kappa shape index (κ2) is 10.2. The highest BCUT2D eigenvalue weighted by atomic mass is 32.2. The summed E-state index contributed by atoms with van der Waals surface area (Å²) in [5.41, 5.74) is 3.91. The first kappa shape index (κ1) is 21.8. The number of thioether (sulfide) groups is 1. The zero-order valence-electron chi connectivity index (χ0n) is 17.5. The number of hydrogen-bond donors (Lipinski definition) is 2. The number of piperidine rings is 1. The Labute approximate surface area is 182 Å². The summed E-state index contributed by atoms with van der Waals surface area (Å²) in [4.78, 5) is 18.3. The SMILES string of the molecule is C=C(Nc1cccnc1C(=C)NC)c1ccc(SC)cc1OC1CCN(C=O)CC1. The van der Waals surface area contributed by atoms with Gasteiger partial charge in [0.05, 0.1) is 11.4 Å². The summed E-state index contributed by atoms with van der Waals surface area (Å²) in [6.07, 6.45) is 6.39. The highest BCUT2D eigenvalue weighted by molar-refractivity contribution is 7.98. The molecule has 1 aliphatic heterocycles. The number of rotatable bonds is 9. The molecular formula is C23H28N4O2S. The van der Waals surface area contributed by atoms with Crippen molar-refractivity contribution in [3.05, 3.63) is 60.9 Å². The number of benzene rings is 1. The van der Waals surface area contributed by atoms with E-state index in [9.17, 15) is 4.79 Å². The molecule has 0 atom stereocenters. The van der Waals surface area contributed by atoms with Crippen LogP contribution in [0.5, 0.6) is 5.75 Å². The van der Waals surface area contributed by atoms with E-state index in [1.54, 1.807) is 22.9 Å². The van der Waals surface area contributed by atoms with Gasteiger partial charge < -0.3 is 20.3 Å². The van der Waals surface area contributed by atoms with Crippen LogP contribution in [-0.2, 0) is 4.79 Å². The van der Waals surface area contributed by atoms with Crippen LogP contribution >= 0.6 is 11.8 Å². The number of carbonyl (C=O) groups is 1. The Balaban J connectivity index is 1.82. The minimum Gasteiger partial charge on any atom is -0.490 e. The normalized spacial score (nSPS) is 14.1. The number of aromatic nitrogens is 1. The van der Waals surface area contributed by atoms with Crippen molar-refractivity contribution >= 4 is 35.3 Å². The van der Waals surface area contributed by atoms with Gasteiger partial charge >= 0.3 is 0 Å². The molecule has 30 heavy (non-hydrogen) atoms. The van der Waals surface area contributed by atoms with Crippen molar-refractivity contribution in [2.24, 2.45) is 0 Å². The minimum atomic E-state index is 0.0721. The van der Waals surface area contributed by atoms with E-state index in [0.29, 0.717) is 0 Å². The van der Waals surface area contributed by atoms with Gasteiger partial charge in [-0.3, -0.25) is 9.78 Å². The van der Waals surface area contributed by atoms with Gasteiger partial charge in [-0.1, -0.05) is 13.2 Å². The third-order valence-corrected chi connectivity index (χ3v) is 5.84. The maximum atomic E-state index is 11.0. The third kappa shape index (κ3) is 5.16. The first-order valence-corrected chi connectivity index (χ1v) is 11.1. The van der Waals surface area contributed by atoms with E-state index in [4.69, 9.17) is 4.74 Å². The molecule has 1 aromatic heterocycles. The molecule has 2 aromatic rings. The molecule has 158 valence electrons. The van der Waals surface area contributed by atoms with Gasteiger partial charge in [0.2, 0.25) is 6.41 Å². The molecule has 2 heterocycles. The molecular weight excluding hydrogens is 396 g/mol. The monoisotopic (exact) mass is 424 g/mol. The van der Waals surface area contributed by atoms with Gasteiger partial charge in [-0.2, -0.15) is 0 Å². The summed E-state index contributed by atoms with van der Waals surface area (Å²) in [5, 5.41) is 6.41. The summed E-state index contributed by atoms with van der Waals surface area (Å²) in [6.45, 7) is 9.70. The lowest BCUT2D eigenvalue weighted by molar-refractivity contribution is -0.119. The summed E-state index contributed by atoms with van der Waals surface area (Å²) < 4.78 is 6.38. The number of pyridine rings is 1. The van der Waals surface area contributed by atoms with Gasteiger partial charge in [0.1, 0.15) is 17.5 Å². The maximum absolute atomic E-state index is 11.0. The van der Waals surface area contributed by atoms with E-state index in [0.717, 1.165) is 71.3 Å². The smallest absolute Gasteiger partial charge is 0.209 e. The molecule has 1 amide bonds. The van der Waals surface area contributed by atoms with E-state index in [-0.39, 0.29) is 6.10 Å². The van der Waals surface area contributed by atoms with Crippen LogP contribution in [-0.4, -0.2) is 48.8 Å². The fraction of sp³-hybridized carbons (Fsp3) is 0.304. The van der Waals surface area contributed by atoms with Crippen molar-refractivity contribution in [3.8, 4) is 5.75 Å². The van der Waals surface area contributed by atoms with Gasteiger partial charge in [-0.15, -0.1) is 11.8 Å². The van der Waals surface area contributed by atoms with Crippen molar-refractivity contribution in [1.29, 1.82) is 0 Å². The van der Waals surface area contributed by atoms with Gasteiger partial charge in [0.25, 0.3) is 0 Å². The first-order valence-electron chi connectivity index (χ1n) is 9.88. The molecule has 6 nitrogen and oxygen atoms in total. The molecule has 1 aromatic carbocycles. The number of amides is 1. The summed E-state index contributed by atoms with van der Waals surface area (Å²) in [6, 6.07) is 9.96. The fourth-order valence-corrected chi connectivity index (χ4v) is 3.78. The predicted molar refractivity (Wildman–Crippen MR) is 124 cm³/mol. The van der Waals surface area contributed by atoms with Crippen LogP contribution in [0.2, 0.25) is 0 Å². The Hall–Kier alpha value is -2.93. The maximum Gasteiger partial charge on any atom is 0.209 e. The van der Waals surface area contributed by atoms with Gasteiger partial charge in [0, 0.05) is 55.3 Å². The Morgan fingerprint density at radius 2 is 2.03 bits per heavy atom. The molecule has 3 rings (SSSR count). The van der Waals surface area contributed by atoms with Crippen LogP contribution in [0.25, 0.3) is 11.4 Å². The van der Waals surface area contributed by atoms with E-state index in [2.05, 4.69) is 40.9 Å². The molecule has 0 aliphatic carbocycles. The standard InChI is InChI=1S/C23H28N4O2S/c1-16(26-21-6-5-11-25-23(21)17(2)24-3)20-8-7-19(30-4)14-22(20)29-18-9-12-27(15-28)13-10-18/h5-8,11,14-15,18,24,26H,1-2,9-10,12-13H2,3-4H3. The molecule has 1 fully saturated rings. The van der Waals surface area contributed by atoms with Crippen molar-refractivity contribution in [1.82, 2.24) is 15.2 Å². The van der Waals surface area contributed by atoms with Crippen LogP contribution in [0.4, 0.5) is 5.69 Å². The lowest BCUT2D eigenvalue weighted by Gasteiger charge is -2.30. The highest BCUT2D eigenvalue weighted by Gasteiger charge is 2.21. The van der Waals surface area contributed by atoms with Crippen molar-refractivity contribution < 1.29 is 9.53 Å². The molecule has 1 saturated heterocycles. The van der Waals surface area contributed by atoms with Crippen LogP contribution in [0, 0.1) is 0 Å².